The lowest BCUT2D eigenvalue weighted by atomic mass is 10.3. The van der Waals surface area contributed by atoms with Gasteiger partial charge in [0, 0.05) is 13.1 Å². The molecule has 0 aliphatic carbocycles. The molecular formula is C16H13ClF3N5O2. The highest BCUT2D eigenvalue weighted by Crippen LogP contribution is 2.32. The lowest BCUT2D eigenvalue weighted by molar-refractivity contribution is -0.274. The van der Waals surface area contributed by atoms with E-state index in [0.717, 1.165) is 6.07 Å². The standard InChI is InChI=1S/C16H13ClF3N5O2/c17-11-7-10(1-2-13(11)27-16(18,19)20)25-9-22-12-8-21-15(23-14(12)25)24-3-5-26-6-4-24/h1-2,7-9H,3-6H2. The molecule has 0 amide bonds. The Kier molecular flexibility index (Phi) is 4.52. The molecule has 0 N–H and O–H groups in total. The van der Waals surface area contributed by atoms with Crippen molar-refractivity contribution in [1.82, 2.24) is 19.5 Å². The molecule has 142 valence electrons. The monoisotopic (exact) mass is 399 g/mol. The smallest absolute Gasteiger partial charge is 0.404 e. The van der Waals surface area contributed by atoms with Crippen LogP contribution < -0.4 is 9.64 Å². The van der Waals surface area contributed by atoms with Crippen LogP contribution in [-0.2, 0) is 4.74 Å². The third-order valence-corrected chi connectivity index (χ3v) is 4.29. The number of fused-ring (bicyclic) bond motifs is 1. The zero-order valence-corrected chi connectivity index (χ0v) is 14.5. The fourth-order valence-corrected chi connectivity index (χ4v) is 2.97. The van der Waals surface area contributed by atoms with Crippen molar-refractivity contribution in [2.24, 2.45) is 0 Å². The zero-order chi connectivity index (χ0) is 19.0. The summed E-state index contributed by atoms with van der Waals surface area (Å²) in [7, 11) is 0. The minimum absolute atomic E-state index is 0.172. The third-order valence-electron chi connectivity index (χ3n) is 3.99. The molecule has 0 unspecified atom stereocenters. The number of imidazole rings is 1. The van der Waals surface area contributed by atoms with Gasteiger partial charge in [0.05, 0.1) is 30.1 Å². The van der Waals surface area contributed by atoms with Gasteiger partial charge in [-0.05, 0) is 18.2 Å². The van der Waals surface area contributed by atoms with Crippen molar-refractivity contribution in [3.05, 3.63) is 35.7 Å². The summed E-state index contributed by atoms with van der Waals surface area (Å²) in [6, 6.07) is 3.96. The molecule has 0 radical (unpaired) electrons. The van der Waals surface area contributed by atoms with Crippen molar-refractivity contribution >= 4 is 28.7 Å². The molecule has 1 fully saturated rings. The van der Waals surface area contributed by atoms with Crippen molar-refractivity contribution in [2.45, 2.75) is 6.36 Å². The predicted molar refractivity (Wildman–Crippen MR) is 91.4 cm³/mol. The fourth-order valence-electron chi connectivity index (χ4n) is 2.75. The minimum atomic E-state index is -4.81. The first-order valence-corrected chi connectivity index (χ1v) is 8.37. The van der Waals surface area contributed by atoms with Gasteiger partial charge in [-0.25, -0.2) is 9.97 Å². The van der Waals surface area contributed by atoms with Crippen molar-refractivity contribution < 1.29 is 22.6 Å². The van der Waals surface area contributed by atoms with Crippen LogP contribution in [0.4, 0.5) is 19.1 Å². The normalized spacial score (nSPS) is 15.3. The quantitative estimate of drug-likeness (QED) is 0.674. The number of rotatable bonds is 3. The van der Waals surface area contributed by atoms with Crippen LogP contribution in [-0.4, -0.2) is 52.2 Å². The van der Waals surface area contributed by atoms with Crippen LogP contribution in [0.5, 0.6) is 5.75 Å². The minimum Gasteiger partial charge on any atom is -0.404 e. The summed E-state index contributed by atoms with van der Waals surface area (Å²) in [5.74, 6) is 0.0663. The second-order valence-corrected chi connectivity index (χ2v) is 6.16. The van der Waals surface area contributed by atoms with Gasteiger partial charge in [0.25, 0.3) is 0 Å². The molecule has 3 aromatic rings. The van der Waals surface area contributed by atoms with E-state index in [-0.39, 0.29) is 5.02 Å². The van der Waals surface area contributed by atoms with Gasteiger partial charge in [-0.15, -0.1) is 13.2 Å². The Bertz CT molecular complexity index is 972. The molecule has 1 aliphatic rings. The first kappa shape index (κ1) is 17.8. The van der Waals surface area contributed by atoms with Gasteiger partial charge in [-0.2, -0.15) is 4.98 Å². The Balaban J connectivity index is 1.70. The SMILES string of the molecule is FC(F)(F)Oc1ccc(-n2cnc3cnc(N4CCOCC4)nc32)cc1Cl. The highest BCUT2D eigenvalue weighted by Gasteiger charge is 2.32. The maximum atomic E-state index is 12.4. The topological polar surface area (TPSA) is 65.3 Å². The number of halogens is 4. The van der Waals surface area contributed by atoms with Crippen LogP contribution in [0.25, 0.3) is 16.9 Å². The van der Waals surface area contributed by atoms with E-state index in [1.54, 1.807) is 10.8 Å². The predicted octanol–water partition coefficient (Wildman–Crippen LogP) is 3.20. The highest BCUT2D eigenvalue weighted by molar-refractivity contribution is 6.32. The van der Waals surface area contributed by atoms with E-state index in [4.69, 9.17) is 16.3 Å². The van der Waals surface area contributed by atoms with Crippen molar-refractivity contribution in [1.29, 1.82) is 0 Å². The third kappa shape index (κ3) is 3.76. The van der Waals surface area contributed by atoms with E-state index >= 15 is 0 Å². The lowest BCUT2D eigenvalue weighted by Crippen LogP contribution is -2.37. The van der Waals surface area contributed by atoms with Gasteiger partial charge >= 0.3 is 6.36 Å². The lowest BCUT2D eigenvalue weighted by Gasteiger charge is -2.26. The Labute approximate surface area is 156 Å². The number of ether oxygens (including phenoxy) is 2. The van der Waals surface area contributed by atoms with Crippen molar-refractivity contribution in [3.8, 4) is 11.4 Å². The first-order valence-electron chi connectivity index (χ1n) is 7.99. The molecular weight excluding hydrogens is 387 g/mol. The molecule has 1 saturated heterocycles. The number of morpholine rings is 1. The van der Waals surface area contributed by atoms with Gasteiger partial charge in [0.2, 0.25) is 5.95 Å². The van der Waals surface area contributed by atoms with E-state index in [2.05, 4.69) is 19.7 Å². The van der Waals surface area contributed by atoms with Crippen molar-refractivity contribution in [2.75, 3.05) is 31.2 Å². The number of benzene rings is 1. The molecule has 0 bridgehead atoms. The van der Waals surface area contributed by atoms with Crippen LogP contribution in [0.3, 0.4) is 0 Å². The summed E-state index contributed by atoms with van der Waals surface area (Å²) < 4.78 is 48.0. The van der Waals surface area contributed by atoms with E-state index < -0.39 is 12.1 Å². The van der Waals surface area contributed by atoms with Crippen molar-refractivity contribution in [3.63, 3.8) is 0 Å². The maximum absolute atomic E-state index is 12.4. The van der Waals surface area contributed by atoms with Gasteiger partial charge in [-0.1, -0.05) is 11.6 Å². The Morgan fingerprint density at radius 2 is 1.93 bits per heavy atom. The molecule has 3 heterocycles. The highest BCUT2D eigenvalue weighted by atomic mass is 35.5. The number of anilines is 1. The molecule has 7 nitrogen and oxygen atoms in total. The maximum Gasteiger partial charge on any atom is 0.573 e. The van der Waals surface area contributed by atoms with Crippen LogP contribution in [0, 0.1) is 0 Å². The molecule has 4 rings (SSSR count). The van der Waals surface area contributed by atoms with E-state index in [9.17, 15) is 13.2 Å². The Morgan fingerprint density at radius 3 is 2.63 bits per heavy atom. The molecule has 2 aromatic heterocycles. The molecule has 11 heteroatoms. The second kappa shape index (κ2) is 6.86. The summed E-state index contributed by atoms with van der Waals surface area (Å²) >= 11 is 5.94. The number of nitrogens with zero attached hydrogens (tertiary/aromatic N) is 5. The molecule has 0 spiro atoms. The van der Waals surface area contributed by atoms with Gasteiger partial charge < -0.3 is 14.4 Å². The summed E-state index contributed by atoms with van der Waals surface area (Å²) in [5, 5.41) is -0.172. The molecule has 27 heavy (non-hydrogen) atoms. The number of hydrogen-bond donors (Lipinski definition) is 0. The summed E-state index contributed by atoms with van der Waals surface area (Å²) in [6.07, 6.45) is -1.70. The fraction of sp³-hybridized carbons (Fsp3) is 0.312. The average Bonchev–Trinajstić information content (AvgIpc) is 3.06. The molecule has 1 aliphatic heterocycles. The second-order valence-electron chi connectivity index (χ2n) is 5.76. The van der Waals surface area contributed by atoms with Gasteiger partial charge in [-0.3, -0.25) is 4.57 Å². The van der Waals surface area contributed by atoms with E-state index in [0.29, 0.717) is 49.1 Å². The van der Waals surface area contributed by atoms with Gasteiger partial charge in [0.15, 0.2) is 5.65 Å². The molecule has 0 atom stereocenters. The van der Waals surface area contributed by atoms with E-state index in [1.165, 1.54) is 18.5 Å². The first-order chi connectivity index (χ1) is 12.9. The zero-order valence-electron chi connectivity index (χ0n) is 13.8. The Morgan fingerprint density at radius 1 is 1.15 bits per heavy atom. The summed E-state index contributed by atoms with van der Waals surface area (Å²) in [6.45, 7) is 2.54. The number of hydrogen-bond acceptors (Lipinski definition) is 6. The Hall–Kier alpha value is -2.59. The summed E-state index contributed by atoms with van der Waals surface area (Å²) in [4.78, 5) is 15.1. The van der Waals surface area contributed by atoms with Crippen LogP contribution in [0.15, 0.2) is 30.7 Å². The summed E-state index contributed by atoms with van der Waals surface area (Å²) in [5.41, 5.74) is 1.58. The largest absolute Gasteiger partial charge is 0.573 e. The average molecular weight is 400 g/mol. The number of aromatic nitrogens is 4. The van der Waals surface area contributed by atoms with E-state index in [1.807, 2.05) is 4.90 Å². The van der Waals surface area contributed by atoms with Crippen LogP contribution in [0.2, 0.25) is 5.02 Å². The number of alkyl halides is 3. The van der Waals surface area contributed by atoms with Crippen LogP contribution in [0.1, 0.15) is 0 Å². The molecule has 1 aromatic carbocycles. The molecule has 0 saturated carbocycles. The van der Waals surface area contributed by atoms with Crippen LogP contribution >= 0.6 is 11.6 Å². The van der Waals surface area contributed by atoms with Gasteiger partial charge in [0.1, 0.15) is 17.6 Å².